The Labute approximate surface area is 139 Å². The maximum absolute atomic E-state index is 13.8. The molecule has 0 unspecified atom stereocenters. The number of benzene rings is 2. The summed E-state index contributed by atoms with van der Waals surface area (Å²) in [7, 11) is 0. The van der Waals surface area contributed by atoms with Crippen molar-refractivity contribution in [1.29, 1.82) is 0 Å². The van der Waals surface area contributed by atoms with Gasteiger partial charge < -0.3 is 5.11 Å². The van der Waals surface area contributed by atoms with Gasteiger partial charge in [0.05, 0.1) is 12.2 Å². The molecule has 0 saturated carbocycles. The summed E-state index contributed by atoms with van der Waals surface area (Å²) in [5, 5.41) is 13.4. The maximum atomic E-state index is 13.8. The number of carboxylic acids is 1. The molecule has 0 atom stereocenters. The lowest BCUT2D eigenvalue weighted by atomic mass is 10.1. The fourth-order valence-electron chi connectivity index (χ4n) is 2.51. The number of aryl methyl sites for hydroxylation is 2. The van der Waals surface area contributed by atoms with Gasteiger partial charge in [-0.1, -0.05) is 42.0 Å². The summed E-state index contributed by atoms with van der Waals surface area (Å²) in [5.41, 5.74) is 3.94. The van der Waals surface area contributed by atoms with Crippen molar-refractivity contribution in [3.63, 3.8) is 0 Å². The fraction of sp³-hybridized carbons (Fsp3) is 0.158. The van der Waals surface area contributed by atoms with E-state index in [1.807, 2.05) is 37.3 Å². The molecule has 1 aromatic heterocycles. The smallest absolute Gasteiger partial charge is 0.356 e. The van der Waals surface area contributed by atoms with Crippen LogP contribution in [0, 0.1) is 19.7 Å². The molecular weight excluding hydrogens is 307 g/mol. The van der Waals surface area contributed by atoms with Crippen LogP contribution in [0.25, 0.3) is 11.3 Å². The monoisotopic (exact) mass is 324 g/mol. The Balaban J connectivity index is 2.03. The Morgan fingerprint density at radius 1 is 1.12 bits per heavy atom. The molecule has 5 heteroatoms. The van der Waals surface area contributed by atoms with Crippen molar-refractivity contribution >= 4 is 5.97 Å². The summed E-state index contributed by atoms with van der Waals surface area (Å²) in [6, 6.07) is 14.3. The Morgan fingerprint density at radius 2 is 1.83 bits per heavy atom. The van der Waals surface area contributed by atoms with Crippen LogP contribution < -0.4 is 0 Å². The van der Waals surface area contributed by atoms with Crippen LogP contribution in [-0.2, 0) is 6.54 Å². The minimum atomic E-state index is -1.09. The van der Waals surface area contributed by atoms with Gasteiger partial charge in [0.25, 0.3) is 0 Å². The Bertz CT molecular complexity index is 898. The van der Waals surface area contributed by atoms with Crippen molar-refractivity contribution in [2.75, 3.05) is 0 Å². The molecular formula is C19H17FN2O2. The molecule has 0 bridgehead atoms. The first-order chi connectivity index (χ1) is 11.4. The number of aromatic carboxylic acids is 1. The molecule has 0 spiro atoms. The van der Waals surface area contributed by atoms with Crippen LogP contribution in [0.15, 0.2) is 48.5 Å². The Kier molecular flexibility index (Phi) is 4.16. The Hall–Kier alpha value is -2.95. The minimum absolute atomic E-state index is 0.0295. The summed E-state index contributed by atoms with van der Waals surface area (Å²) in [6.45, 7) is 3.99. The number of carbonyl (C=O) groups is 1. The number of hydrogen-bond acceptors (Lipinski definition) is 2. The van der Waals surface area contributed by atoms with E-state index in [0.717, 1.165) is 16.7 Å². The first-order valence-corrected chi connectivity index (χ1v) is 7.57. The first kappa shape index (κ1) is 15.9. The zero-order chi connectivity index (χ0) is 17.3. The number of carboxylic acid groups (broad SMARTS) is 1. The quantitative estimate of drug-likeness (QED) is 0.787. The molecule has 0 aliphatic heterocycles. The van der Waals surface area contributed by atoms with Gasteiger partial charge in [-0.05, 0) is 42.7 Å². The van der Waals surface area contributed by atoms with Crippen LogP contribution in [-0.4, -0.2) is 20.9 Å². The summed E-state index contributed by atoms with van der Waals surface area (Å²) >= 11 is 0. The number of nitrogens with zero attached hydrogens (tertiary/aromatic N) is 2. The maximum Gasteiger partial charge on any atom is 0.356 e. The van der Waals surface area contributed by atoms with Crippen molar-refractivity contribution in [2.24, 2.45) is 0 Å². The number of aromatic nitrogens is 2. The van der Waals surface area contributed by atoms with Gasteiger partial charge in [0.15, 0.2) is 5.69 Å². The highest BCUT2D eigenvalue weighted by molar-refractivity contribution is 5.87. The third kappa shape index (κ3) is 3.20. The number of rotatable bonds is 4. The average Bonchev–Trinajstić information content (AvgIpc) is 2.96. The summed E-state index contributed by atoms with van der Waals surface area (Å²) in [5.74, 6) is -1.37. The van der Waals surface area contributed by atoms with Crippen LogP contribution >= 0.6 is 0 Å². The molecule has 0 radical (unpaired) electrons. The molecule has 0 fully saturated rings. The highest BCUT2D eigenvalue weighted by Crippen LogP contribution is 2.23. The zero-order valence-corrected chi connectivity index (χ0v) is 13.5. The first-order valence-electron chi connectivity index (χ1n) is 7.57. The largest absolute Gasteiger partial charge is 0.476 e. The van der Waals surface area contributed by atoms with Gasteiger partial charge in [0, 0.05) is 0 Å². The van der Waals surface area contributed by atoms with Gasteiger partial charge in [0.1, 0.15) is 5.82 Å². The van der Waals surface area contributed by atoms with Crippen molar-refractivity contribution in [3.8, 4) is 11.3 Å². The lowest BCUT2D eigenvalue weighted by Gasteiger charge is -2.09. The van der Waals surface area contributed by atoms with Gasteiger partial charge in [-0.3, -0.25) is 4.68 Å². The van der Waals surface area contributed by atoms with E-state index in [1.165, 1.54) is 12.1 Å². The van der Waals surface area contributed by atoms with Crippen molar-refractivity contribution in [2.45, 2.75) is 20.4 Å². The lowest BCUT2D eigenvalue weighted by Crippen LogP contribution is -2.06. The molecule has 0 aliphatic rings. The van der Waals surface area contributed by atoms with E-state index < -0.39 is 5.97 Å². The van der Waals surface area contributed by atoms with Gasteiger partial charge in [-0.2, -0.15) is 5.10 Å². The van der Waals surface area contributed by atoms with E-state index in [2.05, 4.69) is 5.10 Å². The zero-order valence-electron chi connectivity index (χ0n) is 13.5. The normalized spacial score (nSPS) is 10.8. The van der Waals surface area contributed by atoms with Crippen molar-refractivity contribution in [1.82, 2.24) is 9.78 Å². The molecule has 0 saturated heterocycles. The SMILES string of the molecule is Cc1ccc(-c2cc(C(=O)O)nn2Cc2ccc(C)c(F)c2)cc1. The van der Waals surface area contributed by atoms with Gasteiger partial charge in [-0.15, -0.1) is 0 Å². The molecule has 3 rings (SSSR count). The summed E-state index contributed by atoms with van der Waals surface area (Å²) in [4.78, 5) is 11.3. The van der Waals surface area contributed by atoms with E-state index in [-0.39, 0.29) is 11.5 Å². The highest BCUT2D eigenvalue weighted by atomic mass is 19.1. The second-order valence-electron chi connectivity index (χ2n) is 5.83. The van der Waals surface area contributed by atoms with E-state index in [4.69, 9.17) is 0 Å². The van der Waals surface area contributed by atoms with Crippen LogP contribution in [0.5, 0.6) is 0 Å². The van der Waals surface area contributed by atoms with E-state index >= 15 is 0 Å². The molecule has 24 heavy (non-hydrogen) atoms. The minimum Gasteiger partial charge on any atom is -0.476 e. The third-order valence-electron chi connectivity index (χ3n) is 3.92. The van der Waals surface area contributed by atoms with Gasteiger partial charge in [0.2, 0.25) is 0 Å². The molecule has 1 heterocycles. The molecule has 1 N–H and O–H groups in total. The second-order valence-corrected chi connectivity index (χ2v) is 5.83. The third-order valence-corrected chi connectivity index (χ3v) is 3.92. The van der Waals surface area contributed by atoms with E-state index in [0.29, 0.717) is 17.8 Å². The van der Waals surface area contributed by atoms with Gasteiger partial charge >= 0.3 is 5.97 Å². The topological polar surface area (TPSA) is 55.1 Å². The standard InChI is InChI=1S/C19H17FN2O2/c1-12-3-7-15(8-4-12)18-10-17(19(23)24)21-22(18)11-14-6-5-13(2)16(20)9-14/h3-10H,11H2,1-2H3,(H,23,24). The van der Waals surface area contributed by atoms with Crippen LogP contribution in [0.1, 0.15) is 27.2 Å². The second kappa shape index (κ2) is 6.28. The molecule has 0 amide bonds. The highest BCUT2D eigenvalue weighted by Gasteiger charge is 2.15. The van der Waals surface area contributed by atoms with Crippen molar-refractivity contribution < 1.29 is 14.3 Å². The van der Waals surface area contributed by atoms with Crippen LogP contribution in [0.2, 0.25) is 0 Å². The molecule has 3 aromatic rings. The van der Waals surface area contributed by atoms with E-state index in [1.54, 1.807) is 17.7 Å². The molecule has 4 nitrogen and oxygen atoms in total. The predicted molar refractivity (Wildman–Crippen MR) is 89.6 cm³/mol. The summed E-state index contributed by atoms with van der Waals surface area (Å²) in [6.07, 6.45) is 0. The molecule has 122 valence electrons. The average molecular weight is 324 g/mol. The predicted octanol–water partition coefficient (Wildman–Crippen LogP) is 4.05. The fourth-order valence-corrected chi connectivity index (χ4v) is 2.51. The lowest BCUT2D eigenvalue weighted by molar-refractivity contribution is 0.0689. The van der Waals surface area contributed by atoms with Gasteiger partial charge in [-0.25, -0.2) is 9.18 Å². The number of hydrogen-bond donors (Lipinski definition) is 1. The number of halogens is 1. The summed E-state index contributed by atoms with van der Waals surface area (Å²) < 4.78 is 15.4. The van der Waals surface area contributed by atoms with Crippen LogP contribution in [0.4, 0.5) is 4.39 Å². The van der Waals surface area contributed by atoms with Crippen molar-refractivity contribution in [3.05, 3.63) is 76.7 Å². The molecule has 0 aliphatic carbocycles. The molecule has 2 aromatic carbocycles. The van der Waals surface area contributed by atoms with Crippen LogP contribution in [0.3, 0.4) is 0 Å². The Morgan fingerprint density at radius 3 is 2.46 bits per heavy atom. The van der Waals surface area contributed by atoms with E-state index in [9.17, 15) is 14.3 Å².